The zero-order chi connectivity index (χ0) is 15.4. The van der Waals surface area contributed by atoms with E-state index in [2.05, 4.69) is 28.0 Å². The number of hydrogen-bond donors (Lipinski definition) is 0. The molecule has 2 aromatic rings. The summed E-state index contributed by atoms with van der Waals surface area (Å²) in [5.74, 6) is 0.800. The van der Waals surface area contributed by atoms with Gasteiger partial charge in [-0.05, 0) is 53.5 Å². The molecule has 1 aromatic carbocycles. The molecule has 0 radical (unpaired) electrons. The number of carbonyl (C=O) groups excluding carboxylic acids is 1. The number of ether oxygens (including phenoxy) is 1. The van der Waals surface area contributed by atoms with Gasteiger partial charge in [-0.15, -0.1) is 0 Å². The molecule has 1 heterocycles. The van der Waals surface area contributed by atoms with Crippen LogP contribution >= 0.6 is 15.9 Å². The molecule has 1 aromatic heterocycles. The number of aromatic nitrogens is 2. The van der Waals surface area contributed by atoms with E-state index in [9.17, 15) is 4.79 Å². The number of carbonyl (C=O) groups is 1. The number of ketones is 1. The predicted molar refractivity (Wildman–Crippen MR) is 86.0 cm³/mol. The Hall–Kier alpha value is -1.62. The van der Waals surface area contributed by atoms with E-state index in [0.29, 0.717) is 12.0 Å². The molecule has 0 fully saturated rings. The number of methoxy groups -OCH3 is 1. The summed E-state index contributed by atoms with van der Waals surface area (Å²) >= 11 is 3.41. The molecule has 0 aliphatic heterocycles. The molecule has 0 aliphatic rings. The van der Waals surface area contributed by atoms with Crippen molar-refractivity contribution in [2.24, 2.45) is 0 Å². The summed E-state index contributed by atoms with van der Waals surface area (Å²) in [6, 6.07) is 7.40. The number of aryl methyl sites for hydroxylation is 2. The van der Waals surface area contributed by atoms with Gasteiger partial charge in [-0.25, -0.2) is 0 Å². The Bertz CT molecular complexity index is 650. The maximum Gasteiger partial charge on any atom is 0.168 e. The first-order valence-electron chi connectivity index (χ1n) is 7.01. The van der Waals surface area contributed by atoms with E-state index in [1.807, 2.05) is 17.7 Å². The normalized spacial score (nSPS) is 10.7. The Morgan fingerprint density at radius 1 is 1.33 bits per heavy atom. The van der Waals surface area contributed by atoms with Gasteiger partial charge in [0.25, 0.3) is 0 Å². The molecule has 0 saturated heterocycles. The van der Waals surface area contributed by atoms with Crippen LogP contribution in [0.3, 0.4) is 0 Å². The zero-order valence-corrected chi connectivity index (χ0v) is 14.1. The first-order chi connectivity index (χ1) is 10.1. The highest BCUT2D eigenvalue weighted by Gasteiger charge is 2.13. The van der Waals surface area contributed by atoms with Crippen LogP contribution in [0.5, 0.6) is 5.75 Å². The highest BCUT2D eigenvalue weighted by molar-refractivity contribution is 9.10. The molecule has 21 heavy (non-hydrogen) atoms. The van der Waals surface area contributed by atoms with Crippen LogP contribution < -0.4 is 4.74 Å². The van der Waals surface area contributed by atoms with E-state index < -0.39 is 0 Å². The highest BCUT2D eigenvalue weighted by atomic mass is 79.9. The largest absolute Gasteiger partial charge is 0.496 e. The predicted octanol–water partition coefficient (Wildman–Crippen LogP) is 3.66. The molecule has 0 spiro atoms. The zero-order valence-electron chi connectivity index (χ0n) is 12.5. The van der Waals surface area contributed by atoms with Gasteiger partial charge in [0, 0.05) is 17.8 Å². The van der Waals surface area contributed by atoms with Gasteiger partial charge < -0.3 is 4.74 Å². The third kappa shape index (κ3) is 3.53. The lowest BCUT2D eigenvalue weighted by molar-refractivity contribution is 0.0990. The van der Waals surface area contributed by atoms with Crippen LogP contribution in [0.15, 0.2) is 28.7 Å². The molecule has 2 rings (SSSR count). The lowest BCUT2D eigenvalue weighted by Gasteiger charge is -2.07. The van der Waals surface area contributed by atoms with Crippen molar-refractivity contribution in [2.75, 3.05) is 7.11 Å². The van der Waals surface area contributed by atoms with Gasteiger partial charge in [0.15, 0.2) is 5.78 Å². The molecule has 4 nitrogen and oxygen atoms in total. The van der Waals surface area contributed by atoms with Gasteiger partial charge in [0.1, 0.15) is 5.75 Å². The number of hydrogen-bond acceptors (Lipinski definition) is 3. The summed E-state index contributed by atoms with van der Waals surface area (Å²) in [4.78, 5) is 12.4. The van der Waals surface area contributed by atoms with Gasteiger partial charge in [0.05, 0.1) is 23.7 Å². The quantitative estimate of drug-likeness (QED) is 0.746. The molecular weight excluding hydrogens is 332 g/mol. The Kier molecular flexibility index (Phi) is 5.17. The van der Waals surface area contributed by atoms with Gasteiger partial charge >= 0.3 is 0 Å². The second kappa shape index (κ2) is 6.89. The van der Waals surface area contributed by atoms with Gasteiger partial charge in [-0.1, -0.05) is 6.92 Å². The van der Waals surface area contributed by atoms with Crippen LogP contribution in [0.4, 0.5) is 0 Å². The molecule has 0 aliphatic carbocycles. The molecule has 112 valence electrons. The van der Waals surface area contributed by atoms with Gasteiger partial charge in [-0.3, -0.25) is 9.48 Å². The highest BCUT2D eigenvalue weighted by Crippen LogP contribution is 2.26. The Morgan fingerprint density at radius 3 is 2.67 bits per heavy atom. The van der Waals surface area contributed by atoms with Crippen LogP contribution in [0.2, 0.25) is 0 Å². The molecule has 0 saturated carbocycles. The van der Waals surface area contributed by atoms with Crippen molar-refractivity contribution < 1.29 is 9.53 Å². The van der Waals surface area contributed by atoms with Gasteiger partial charge in [0.2, 0.25) is 0 Å². The minimum Gasteiger partial charge on any atom is -0.496 e. The van der Waals surface area contributed by atoms with Crippen LogP contribution in [0.1, 0.15) is 35.6 Å². The fraction of sp³-hybridized carbons (Fsp3) is 0.375. The monoisotopic (exact) mass is 350 g/mol. The van der Waals surface area contributed by atoms with Crippen molar-refractivity contribution in [3.63, 3.8) is 0 Å². The van der Waals surface area contributed by atoms with Crippen molar-refractivity contribution >= 4 is 21.7 Å². The number of rotatable bonds is 6. The van der Waals surface area contributed by atoms with Crippen LogP contribution in [0.25, 0.3) is 0 Å². The summed E-state index contributed by atoms with van der Waals surface area (Å²) in [6.07, 6.45) is 1.24. The van der Waals surface area contributed by atoms with E-state index in [4.69, 9.17) is 4.74 Å². The van der Waals surface area contributed by atoms with Crippen LogP contribution in [0, 0.1) is 0 Å². The molecule has 0 atom stereocenters. The molecule has 0 unspecified atom stereocenters. The average Bonchev–Trinajstić information content (AvgIpc) is 2.89. The third-order valence-corrected chi connectivity index (χ3v) is 4.01. The number of benzene rings is 1. The lowest BCUT2D eigenvalue weighted by atomic mass is 10.1. The van der Waals surface area contributed by atoms with E-state index in [1.165, 1.54) is 0 Å². The average molecular weight is 351 g/mol. The van der Waals surface area contributed by atoms with E-state index in [-0.39, 0.29) is 5.78 Å². The van der Waals surface area contributed by atoms with Crippen LogP contribution in [-0.2, 0) is 19.4 Å². The molecule has 0 amide bonds. The minimum absolute atomic E-state index is 0.0793. The first-order valence-corrected chi connectivity index (χ1v) is 7.80. The van der Waals surface area contributed by atoms with Crippen molar-refractivity contribution in [1.82, 2.24) is 9.78 Å². The van der Waals surface area contributed by atoms with Gasteiger partial charge in [-0.2, -0.15) is 5.10 Å². The maximum atomic E-state index is 12.4. The topological polar surface area (TPSA) is 44.1 Å². The second-order valence-corrected chi connectivity index (χ2v) is 5.60. The smallest absolute Gasteiger partial charge is 0.168 e. The van der Waals surface area contributed by atoms with E-state index in [0.717, 1.165) is 34.6 Å². The number of Topliss-reactive ketones (excluding diaryl/α,β-unsaturated/α-hetero) is 1. The van der Waals surface area contributed by atoms with Crippen molar-refractivity contribution in [3.05, 3.63) is 45.7 Å². The standard InChI is InChI=1S/C16H19BrN2O2/c1-4-12-9-13(19(5-2)18-12)10-15(20)11-6-7-16(21-3)14(17)8-11/h6-9H,4-5,10H2,1-3H3. The lowest BCUT2D eigenvalue weighted by Crippen LogP contribution is -2.09. The Labute approximate surface area is 133 Å². The molecular formula is C16H19BrN2O2. The third-order valence-electron chi connectivity index (χ3n) is 3.39. The summed E-state index contributed by atoms with van der Waals surface area (Å²) in [6.45, 7) is 4.87. The number of halogens is 1. The minimum atomic E-state index is 0.0793. The molecule has 5 heteroatoms. The van der Waals surface area contributed by atoms with Crippen molar-refractivity contribution in [2.45, 2.75) is 33.2 Å². The van der Waals surface area contributed by atoms with E-state index in [1.54, 1.807) is 25.3 Å². The fourth-order valence-electron chi connectivity index (χ4n) is 2.21. The van der Waals surface area contributed by atoms with Crippen LogP contribution in [-0.4, -0.2) is 22.7 Å². The Morgan fingerprint density at radius 2 is 2.10 bits per heavy atom. The first kappa shape index (κ1) is 15.8. The molecule has 0 bridgehead atoms. The molecule has 0 N–H and O–H groups in total. The maximum absolute atomic E-state index is 12.4. The summed E-state index contributed by atoms with van der Waals surface area (Å²) < 4.78 is 7.86. The van der Waals surface area contributed by atoms with Crippen molar-refractivity contribution in [1.29, 1.82) is 0 Å². The SMILES string of the molecule is CCc1cc(CC(=O)c2ccc(OC)c(Br)c2)n(CC)n1. The summed E-state index contributed by atoms with van der Waals surface area (Å²) in [5, 5.41) is 4.47. The second-order valence-electron chi connectivity index (χ2n) is 4.75. The van der Waals surface area contributed by atoms with Crippen molar-refractivity contribution in [3.8, 4) is 5.75 Å². The summed E-state index contributed by atoms with van der Waals surface area (Å²) in [7, 11) is 1.60. The fourth-order valence-corrected chi connectivity index (χ4v) is 2.75. The van der Waals surface area contributed by atoms with E-state index >= 15 is 0 Å². The summed E-state index contributed by atoms with van der Waals surface area (Å²) in [5.41, 5.74) is 2.66. The Balaban J connectivity index is 2.21. The number of nitrogens with zero attached hydrogens (tertiary/aromatic N) is 2.